The van der Waals surface area contributed by atoms with Crippen molar-refractivity contribution < 1.29 is 18.0 Å². The molecule has 2 atom stereocenters. The molecule has 2 N–H and O–H groups in total. The van der Waals surface area contributed by atoms with Gasteiger partial charge in [0, 0.05) is 5.92 Å². The zero-order valence-electron chi connectivity index (χ0n) is 12.7. The van der Waals surface area contributed by atoms with Crippen LogP contribution in [0.5, 0.6) is 0 Å². The standard InChI is InChI=1S/C16H16F3N3O/c1-8-14(9(2)22-21-8)20-15(23)12-7-11(12)10-5-3-4-6-13(10)16(17,18)19/h3-6,11-12H,7H2,1-2H3,(H,20,23)(H,21,22)/t11-,12+/m1/s1. The van der Waals surface area contributed by atoms with E-state index in [-0.39, 0.29) is 17.4 Å². The van der Waals surface area contributed by atoms with Crippen molar-refractivity contribution in [2.24, 2.45) is 5.92 Å². The van der Waals surface area contributed by atoms with Crippen LogP contribution in [0.15, 0.2) is 24.3 Å². The predicted octanol–water partition coefficient (Wildman–Crippen LogP) is 3.79. The summed E-state index contributed by atoms with van der Waals surface area (Å²) in [4.78, 5) is 12.3. The molecule has 1 aromatic heterocycles. The molecule has 0 spiro atoms. The van der Waals surface area contributed by atoms with Crippen LogP contribution in [-0.4, -0.2) is 16.1 Å². The summed E-state index contributed by atoms with van der Waals surface area (Å²) in [6.45, 7) is 3.53. The number of H-pyrrole nitrogens is 1. The Kier molecular flexibility index (Phi) is 3.66. The van der Waals surface area contributed by atoms with E-state index < -0.39 is 17.7 Å². The minimum atomic E-state index is -4.40. The summed E-state index contributed by atoms with van der Waals surface area (Å²) in [6.07, 6.45) is -3.98. The normalized spacial score (nSPS) is 20.4. The molecule has 1 saturated carbocycles. The van der Waals surface area contributed by atoms with Gasteiger partial charge in [-0.3, -0.25) is 9.89 Å². The number of nitrogens with zero attached hydrogens (tertiary/aromatic N) is 1. The minimum Gasteiger partial charge on any atom is -0.323 e. The van der Waals surface area contributed by atoms with Crippen molar-refractivity contribution in [3.63, 3.8) is 0 Å². The van der Waals surface area contributed by atoms with E-state index in [0.717, 1.165) is 11.8 Å². The van der Waals surface area contributed by atoms with Gasteiger partial charge in [-0.1, -0.05) is 18.2 Å². The quantitative estimate of drug-likeness (QED) is 0.903. The topological polar surface area (TPSA) is 57.8 Å². The predicted molar refractivity (Wildman–Crippen MR) is 79.0 cm³/mol. The number of carbonyl (C=O) groups is 1. The number of nitrogens with one attached hydrogen (secondary N) is 2. The van der Waals surface area contributed by atoms with Gasteiger partial charge in [0.15, 0.2) is 0 Å². The first-order valence-corrected chi connectivity index (χ1v) is 7.27. The molecule has 0 radical (unpaired) electrons. The van der Waals surface area contributed by atoms with E-state index in [9.17, 15) is 18.0 Å². The average molecular weight is 323 g/mol. The summed E-state index contributed by atoms with van der Waals surface area (Å²) >= 11 is 0. The lowest BCUT2D eigenvalue weighted by Gasteiger charge is -2.12. The second kappa shape index (κ2) is 5.40. The van der Waals surface area contributed by atoms with Gasteiger partial charge in [-0.25, -0.2) is 0 Å². The first-order valence-electron chi connectivity index (χ1n) is 7.27. The third-order valence-corrected chi connectivity index (χ3v) is 4.17. The second-order valence-corrected chi connectivity index (χ2v) is 5.83. The highest BCUT2D eigenvalue weighted by atomic mass is 19.4. The van der Waals surface area contributed by atoms with Gasteiger partial charge in [0.05, 0.1) is 22.6 Å². The molecule has 1 aliphatic carbocycles. The SMILES string of the molecule is Cc1n[nH]c(C)c1NC(=O)[C@H]1C[C@@H]1c1ccccc1C(F)(F)F. The van der Waals surface area contributed by atoms with E-state index in [0.29, 0.717) is 17.8 Å². The van der Waals surface area contributed by atoms with Crippen LogP contribution in [0.3, 0.4) is 0 Å². The Labute approximate surface area is 131 Å². The van der Waals surface area contributed by atoms with Gasteiger partial charge in [0.2, 0.25) is 5.91 Å². The van der Waals surface area contributed by atoms with Crippen LogP contribution < -0.4 is 5.32 Å². The Morgan fingerprint density at radius 2 is 2.00 bits per heavy atom. The van der Waals surface area contributed by atoms with Crippen LogP contribution in [0.1, 0.15) is 34.9 Å². The highest BCUT2D eigenvalue weighted by molar-refractivity contribution is 5.96. The number of alkyl halides is 3. The number of carbonyl (C=O) groups excluding carboxylic acids is 1. The number of rotatable bonds is 3. The number of amides is 1. The fourth-order valence-corrected chi connectivity index (χ4v) is 2.86. The number of hydrogen-bond donors (Lipinski definition) is 2. The van der Waals surface area contributed by atoms with Crippen molar-refractivity contribution in [2.45, 2.75) is 32.4 Å². The fourth-order valence-electron chi connectivity index (χ4n) is 2.86. The number of anilines is 1. The number of aromatic amines is 1. The number of benzene rings is 1. The monoisotopic (exact) mass is 323 g/mol. The second-order valence-electron chi connectivity index (χ2n) is 5.83. The highest BCUT2D eigenvalue weighted by Crippen LogP contribution is 2.51. The van der Waals surface area contributed by atoms with Gasteiger partial charge in [-0.2, -0.15) is 18.3 Å². The molecule has 4 nitrogen and oxygen atoms in total. The molecule has 3 rings (SSSR count). The Hall–Kier alpha value is -2.31. The molecule has 0 bridgehead atoms. The lowest BCUT2D eigenvalue weighted by molar-refractivity contribution is -0.138. The van der Waals surface area contributed by atoms with E-state index in [1.54, 1.807) is 19.9 Å². The lowest BCUT2D eigenvalue weighted by Crippen LogP contribution is -2.16. The lowest BCUT2D eigenvalue weighted by atomic mass is 10.0. The summed E-state index contributed by atoms with van der Waals surface area (Å²) in [5, 5.41) is 9.51. The fraction of sp³-hybridized carbons (Fsp3) is 0.375. The van der Waals surface area contributed by atoms with Gasteiger partial charge in [-0.15, -0.1) is 0 Å². The molecule has 0 aliphatic heterocycles. The first-order chi connectivity index (χ1) is 10.8. The highest BCUT2D eigenvalue weighted by Gasteiger charge is 2.48. The van der Waals surface area contributed by atoms with Gasteiger partial charge in [0.1, 0.15) is 0 Å². The third kappa shape index (κ3) is 2.95. The van der Waals surface area contributed by atoms with E-state index in [4.69, 9.17) is 0 Å². The van der Waals surface area contributed by atoms with Crippen LogP contribution in [0.2, 0.25) is 0 Å². The third-order valence-electron chi connectivity index (χ3n) is 4.17. The Balaban J connectivity index is 1.77. The van der Waals surface area contributed by atoms with Crippen LogP contribution in [0.4, 0.5) is 18.9 Å². The van der Waals surface area contributed by atoms with Crippen molar-refractivity contribution in [1.82, 2.24) is 10.2 Å². The number of hydrogen-bond acceptors (Lipinski definition) is 2. The largest absolute Gasteiger partial charge is 0.416 e. The molecule has 2 aromatic rings. The zero-order chi connectivity index (χ0) is 16.8. The summed E-state index contributed by atoms with van der Waals surface area (Å²) in [5.41, 5.74) is 1.52. The van der Waals surface area contributed by atoms with E-state index in [1.807, 2.05) is 0 Å². The van der Waals surface area contributed by atoms with Crippen molar-refractivity contribution >= 4 is 11.6 Å². The summed E-state index contributed by atoms with van der Waals surface area (Å²) in [6, 6.07) is 5.45. The van der Waals surface area contributed by atoms with Crippen LogP contribution in [0.25, 0.3) is 0 Å². The maximum absolute atomic E-state index is 13.1. The zero-order valence-corrected chi connectivity index (χ0v) is 12.7. The van der Waals surface area contributed by atoms with Gasteiger partial charge in [-0.05, 0) is 37.8 Å². The molecule has 1 aromatic carbocycles. The molecule has 1 fully saturated rings. The minimum absolute atomic E-state index is 0.195. The van der Waals surface area contributed by atoms with E-state index in [1.165, 1.54) is 12.1 Å². The smallest absolute Gasteiger partial charge is 0.323 e. The van der Waals surface area contributed by atoms with Crippen LogP contribution in [-0.2, 0) is 11.0 Å². The molecular weight excluding hydrogens is 307 g/mol. The molecular formula is C16H16F3N3O. The molecule has 1 aliphatic rings. The molecule has 23 heavy (non-hydrogen) atoms. The first kappa shape index (κ1) is 15.6. The molecule has 0 unspecified atom stereocenters. The molecule has 0 saturated heterocycles. The summed E-state index contributed by atoms with van der Waals surface area (Å²) in [5.74, 6) is -1.09. The maximum Gasteiger partial charge on any atom is 0.416 e. The van der Waals surface area contributed by atoms with Gasteiger partial charge in [0.25, 0.3) is 0 Å². The Morgan fingerprint density at radius 1 is 1.30 bits per heavy atom. The Morgan fingerprint density at radius 3 is 2.61 bits per heavy atom. The van der Waals surface area contributed by atoms with E-state index in [2.05, 4.69) is 15.5 Å². The van der Waals surface area contributed by atoms with Crippen molar-refractivity contribution in [3.05, 3.63) is 46.8 Å². The van der Waals surface area contributed by atoms with Crippen molar-refractivity contribution in [2.75, 3.05) is 5.32 Å². The maximum atomic E-state index is 13.1. The molecule has 1 heterocycles. The van der Waals surface area contributed by atoms with Gasteiger partial charge < -0.3 is 5.32 Å². The Bertz CT molecular complexity index is 732. The van der Waals surface area contributed by atoms with Crippen LogP contribution in [0, 0.1) is 19.8 Å². The molecule has 122 valence electrons. The number of aryl methyl sites for hydroxylation is 2. The molecule has 7 heteroatoms. The van der Waals surface area contributed by atoms with E-state index >= 15 is 0 Å². The van der Waals surface area contributed by atoms with Crippen molar-refractivity contribution in [1.29, 1.82) is 0 Å². The van der Waals surface area contributed by atoms with Crippen LogP contribution >= 0.6 is 0 Å². The number of halogens is 3. The summed E-state index contributed by atoms with van der Waals surface area (Å²) < 4.78 is 39.2. The summed E-state index contributed by atoms with van der Waals surface area (Å²) in [7, 11) is 0. The van der Waals surface area contributed by atoms with Gasteiger partial charge >= 0.3 is 6.18 Å². The average Bonchev–Trinajstić information content (AvgIpc) is 3.23. The number of aromatic nitrogens is 2. The molecule has 1 amide bonds. The van der Waals surface area contributed by atoms with Crippen molar-refractivity contribution in [3.8, 4) is 0 Å².